The number of aryl methyl sites for hydroxylation is 2. The van der Waals surface area contributed by atoms with E-state index in [1.807, 2.05) is 32.3 Å². The van der Waals surface area contributed by atoms with Gasteiger partial charge in [-0.25, -0.2) is 5.43 Å². The Hall–Kier alpha value is -1.92. The van der Waals surface area contributed by atoms with Gasteiger partial charge < -0.3 is 4.74 Å². The van der Waals surface area contributed by atoms with Crippen molar-refractivity contribution in [3.63, 3.8) is 0 Å². The summed E-state index contributed by atoms with van der Waals surface area (Å²) >= 11 is 0. The molecular weight excluding hydrogens is 230 g/mol. The zero-order valence-electron chi connectivity index (χ0n) is 10.7. The third-order valence-electron chi connectivity index (χ3n) is 2.82. The second-order valence-electron chi connectivity index (χ2n) is 4.03. The van der Waals surface area contributed by atoms with E-state index < -0.39 is 0 Å². The standard InChI is InChI=1S/C12H17N5O/c1-8-9(7-17(2)16-8)11(15-13)12-10(18-3)5-4-6-14-12/h4-7,11,15H,13H2,1-3H3. The van der Waals surface area contributed by atoms with Crippen molar-refractivity contribution in [2.24, 2.45) is 12.9 Å². The van der Waals surface area contributed by atoms with Crippen LogP contribution in [0.15, 0.2) is 24.5 Å². The number of hydrogen-bond donors (Lipinski definition) is 2. The summed E-state index contributed by atoms with van der Waals surface area (Å²) in [5.41, 5.74) is 5.41. The molecule has 0 radical (unpaired) electrons. The highest BCUT2D eigenvalue weighted by atomic mass is 16.5. The Morgan fingerprint density at radius 1 is 1.50 bits per heavy atom. The van der Waals surface area contributed by atoms with Gasteiger partial charge in [0.1, 0.15) is 11.4 Å². The number of nitrogens with one attached hydrogen (secondary N) is 1. The van der Waals surface area contributed by atoms with E-state index in [0.717, 1.165) is 17.0 Å². The number of aromatic nitrogens is 3. The molecule has 18 heavy (non-hydrogen) atoms. The summed E-state index contributed by atoms with van der Waals surface area (Å²) in [5.74, 6) is 6.35. The lowest BCUT2D eigenvalue weighted by Crippen LogP contribution is -2.30. The monoisotopic (exact) mass is 247 g/mol. The minimum Gasteiger partial charge on any atom is -0.495 e. The Kier molecular flexibility index (Phi) is 3.59. The van der Waals surface area contributed by atoms with Crippen molar-refractivity contribution in [3.8, 4) is 5.75 Å². The van der Waals surface area contributed by atoms with E-state index in [0.29, 0.717) is 5.75 Å². The van der Waals surface area contributed by atoms with Crippen LogP contribution in [0.5, 0.6) is 5.75 Å². The lowest BCUT2D eigenvalue weighted by molar-refractivity contribution is 0.400. The summed E-state index contributed by atoms with van der Waals surface area (Å²) in [6.07, 6.45) is 3.64. The Labute approximate surface area is 106 Å². The first-order valence-corrected chi connectivity index (χ1v) is 5.62. The van der Waals surface area contributed by atoms with Crippen LogP contribution in [-0.4, -0.2) is 21.9 Å². The van der Waals surface area contributed by atoms with Crippen molar-refractivity contribution in [2.75, 3.05) is 7.11 Å². The number of nitrogens with two attached hydrogens (primary N) is 1. The normalized spacial score (nSPS) is 12.4. The summed E-state index contributed by atoms with van der Waals surface area (Å²) in [6, 6.07) is 3.44. The average Bonchev–Trinajstić information content (AvgIpc) is 2.70. The predicted octanol–water partition coefficient (Wildman–Crippen LogP) is 0.685. The van der Waals surface area contributed by atoms with Gasteiger partial charge in [-0.1, -0.05) is 0 Å². The summed E-state index contributed by atoms with van der Waals surface area (Å²) in [7, 11) is 3.49. The smallest absolute Gasteiger partial charge is 0.142 e. The van der Waals surface area contributed by atoms with E-state index >= 15 is 0 Å². The van der Waals surface area contributed by atoms with Gasteiger partial charge in [0, 0.05) is 25.0 Å². The van der Waals surface area contributed by atoms with E-state index in [4.69, 9.17) is 10.6 Å². The van der Waals surface area contributed by atoms with Gasteiger partial charge in [-0.3, -0.25) is 15.5 Å². The number of rotatable bonds is 4. The molecule has 2 aromatic heterocycles. The second-order valence-corrected chi connectivity index (χ2v) is 4.03. The molecule has 2 aromatic rings. The van der Waals surface area contributed by atoms with Crippen LogP contribution in [0.2, 0.25) is 0 Å². The Morgan fingerprint density at radius 2 is 2.28 bits per heavy atom. The molecule has 1 atom stereocenters. The third-order valence-corrected chi connectivity index (χ3v) is 2.82. The van der Waals surface area contributed by atoms with Gasteiger partial charge in [0.15, 0.2) is 0 Å². The van der Waals surface area contributed by atoms with Crippen LogP contribution in [0.1, 0.15) is 23.0 Å². The summed E-state index contributed by atoms with van der Waals surface area (Å²) in [4.78, 5) is 4.34. The molecule has 0 saturated heterocycles. The molecule has 0 amide bonds. The molecule has 0 bridgehead atoms. The number of pyridine rings is 1. The Balaban J connectivity index is 2.48. The maximum absolute atomic E-state index is 5.66. The van der Waals surface area contributed by atoms with Crippen LogP contribution in [0, 0.1) is 6.92 Å². The topological polar surface area (TPSA) is 78.0 Å². The third kappa shape index (κ3) is 2.20. The van der Waals surface area contributed by atoms with Gasteiger partial charge in [-0.05, 0) is 19.1 Å². The number of hydrogen-bond acceptors (Lipinski definition) is 5. The SMILES string of the molecule is COc1cccnc1C(NN)c1cn(C)nc1C. The molecule has 0 aliphatic rings. The molecule has 6 nitrogen and oxygen atoms in total. The van der Waals surface area contributed by atoms with E-state index in [2.05, 4.69) is 15.5 Å². The highest BCUT2D eigenvalue weighted by Gasteiger charge is 2.21. The lowest BCUT2D eigenvalue weighted by Gasteiger charge is -2.17. The molecule has 0 aliphatic carbocycles. The maximum Gasteiger partial charge on any atom is 0.142 e. The molecule has 0 aromatic carbocycles. The first-order chi connectivity index (χ1) is 8.67. The van der Waals surface area contributed by atoms with Gasteiger partial charge in [-0.2, -0.15) is 5.10 Å². The van der Waals surface area contributed by atoms with Crippen LogP contribution in [0.4, 0.5) is 0 Å². The predicted molar refractivity (Wildman–Crippen MR) is 67.9 cm³/mol. The largest absolute Gasteiger partial charge is 0.495 e. The van der Waals surface area contributed by atoms with Crippen LogP contribution in [0.3, 0.4) is 0 Å². The molecule has 2 heterocycles. The van der Waals surface area contributed by atoms with Crippen LogP contribution < -0.4 is 16.0 Å². The quantitative estimate of drug-likeness (QED) is 0.614. The van der Waals surface area contributed by atoms with Gasteiger partial charge in [0.25, 0.3) is 0 Å². The minimum absolute atomic E-state index is 0.241. The minimum atomic E-state index is -0.241. The molecule has 0 aliphatic heterocycles. The molecule has 2 rings (SSSR count). The zero-order valence-corrected chi connectivity index (χ0v) is 10.7. The van der Waals surface area contributed by atoms with Crippen molar-refractivity contribution >= 4 is 0 Å². The highest BCUT2D eigenvalue weighted by Crippen LogP contribution is 2.28. The van der Waals surface area contributed by atoms with E-state index in [9.17, 15) is 0 Å². The highest BCUT2D eigenvalue weighted by molar-refractivity contribution is 5.37. The summed E-state index contributed by atoms with van der Waals surface area (Å²) < 4.78 is 7.07. The van der Waals surface area contributed by atoms with Crippen LogP contribution in [-0.2, 0) is 7.05 Å². The molecular formula is C12H17N5O. The van der Waals surface area contributed by atoms with Crippen LogP contribution in [0.25, 0.3) is 0 Å². The first kappa shape index (κ1) is 12.5. The zero-order chi connectivity index (χ0) is 13.1. The second kappa shape index (κ2) is 5.16. The maximum atomic E-state index is 5.66. The first-order valence-electron chi connectivity index (χ1n) is 5.62. The molecule has 96 valence electrons. The number of nitrogens with zero attached hydrogens (tertiary/aromatic N) is 3. The number of methoxy groups -OCH3 is 1. The van der Waals surface area contributed by atoms with Crippen LogP contribution >= 0.6 is 0 Å². The fraction of sp³-hybridized carbons (Fsp3) is 0.333. The fourth-order valence-corrected chi connectivity index (χ4v) is 2.01. The molecule has 0 fully saturated rings. The lowest BCUT2D eigenvalue weighted by atomic mass is 10.0. The summed E-state index contributed by atoms with van der Waals surface area (Å²) in [5, 5.41) is 4.31. The van der Waals surface area contributed by atoms with E-state index in [1.165, 1.54) is 0 Å². The van der Waals surface area contributed by atoms with Gasteiger partial charge in [0.2, 0.25) is 0 Å². The van der Waals surface area contributed by atoms with E-state index in [-0.39, 0.29) is 6.04 Å². The molecule has 1 unspecified atom stereocenters. The van der Waals surface area contributed by atoms with E-state index in [1.54, 1.807) is 18.0 Å². The Bertz CT molecular complexity index is 537. The molecule has 0 spiro atoms. The fourth-order valence-electron chi connectivity index (χ4n) is 2.01. The summed E-state index contributed by atoms with van der Waals surface area (Å²) in [6.45, 7) is 1.94. The van der Waals surface area contributed by atoms with Gasteiger partial charge >= 0.3 is 0 Å². The van der Waals surface area contributed by atoms with Crippen molar-refractivity contribution in [1.29, 1.82) is 0 Å². The van der Waals surface area contributed by atoms with Gasteiger partial charge in [-0.15, -0.1) is 0 Å². The molecule has 0 saturated carbocycles. The van der Waals surface area contributed by atoms with Crippen molar-refractivity contribution in [2.45, 2.75) is 13.0 Å². The van der Waals surface area contributed by atoms with Crippen molar-refractivity contribution in [1.82, 2.24) is 20.2 Å². The number of hydrazine groups is 1. The Morgan fingerprint density at radius 3 is 2.83 bits per heavy atom. The molecule has 6 heteroatoms. The number of ether oxygens (including phenoxy) is 1. The average molecular weight is 247 g/mol. The van der Waals surface area contributed by atoms with Crippen molar-refractivity contribution < 1.29 is 4.74 Å². The van der Waals surface area contributed by atoms with Crippen molar-refractivity contribution in [3.05, 3.63) is 41.5 Å². The molecule has 3 N–H and O–H groups in total. The van der Waals surface area contributed by atoms with Gasteiger partial charge in [0.05, 0.1) is 18.8 Å².